The topological polar surface area (TPSA) is 81.4 Å². The lowest BCUT2D eigenvalue weighted by Crippen LogP contribution is -2.30. The van der Waals surface area contributed by atoms with Gasteiger partial charge in [0.1, 0.15) is 0 Å². The van der Waals surface area contributed by atoms with Crippen molar-refractivity contribution in [1.29, 1.82) is 0 Å². The van der Waals surface area contributed by atoms with Gasteiger partial charge in [-0.25, -0.2) is 9.78 Å². The first-order valence-electron chi connectivity index (χ1n) is 6.46. The first-order valence-corrected chi connectivity index (χ1v) is 6.84. The molecule has 0 aromatic carbocycles. The molecule has 0 aliphatic carbocycles. The summed E-state index contributed by atoms with van der Waals surface area (Å²) in [4.78, 5) is 27.0. The lowest BCUT2D eigenvalue weighted by atomic mass is 10.2. The summed E-state index contributed by atoms with van der Waals surface area (Å²) < 4.78 is 47.2. The molecular formula is C14H10ClF3N2O4. The molecule has 0 bridgehead atoms. The van der Waals surface area contributed by atoms with Crippen LogP contribution in [0.15, 0.2) is 35.1 Å². The van der Waals surface area contributed by atoms with Gasteiger partial charge in [0.05, 0.1) is 16.8 Å². The SMILES string of the molecule is C[C@H](OC(=O)c1ccco1)C(=O)Nc1ncc(C(F)(F)F)cc1Cl. The highest BCUT2D eigenvalue weighted by Gasteiger charge is 2.32. The van der Waals surface area contributed by atoms with Crippen LogP contribution in [0.2, 0.25) is 5.02 Å². The van der Waals surface area contributed by atoms with E-state index < -0.39 is 34.7 Å². The van der Waals surface area contributed by atoms with Gasteiger partial charge in [0, 0.05) is 6.20 Å². The Bertz CT molecular complexity index is 747. The zero-order valence-electron chi connectivity index (χ0n) is 12.1. The number of ether oxygens (including phenoxy) is 1. The van der Waals surface area contributed by atoms with E-state index in [4.69, 9.17) is 20.8 Å². The molecule has 2 heterocycles. The second-order valence-corrected chi connectivity index (χ2v) is 4.97. The van der Waals surface area contributed by atoms with Crippen LogP contribution in [-0.4, -0.2) is 23.0 Å². The Labute approximate surface area is 138 Å². The van der Waals surface area contributed by atoms with Crippen molar-refractivity contribution >= 4 is 29.3 Å². The fourth-order valence-electron chi connectivity index (χ4n) is 1.57. The molecule has 0 aliphatic rings. The molecule has 2 aromatic heterocycles. The highest BCUT2D eigenvalue weighted by molar-refractivity contribution is 6.33. The number of halogens is 4. The molecular weight excluding hydrogens is 353 g/mol. The molecule has 0 unspecified atom stereocenters. The van der Waals surface area contributed by atoms with E-state index in [1.165, 1.54) is 25.3 Å². The van der Waals surface area contributed by atoms with E-state index in [9.17, 15) is 22.8 Å². The molecule has 0 aliphatic heterocycles. The summed E-state index contributed by atoms with van der Waals surface area (Å²) in [5, 5.41) is 1.78. The molecule has 1 N–H and O–H groups in total. The largest absolute Gasteiger partial charge is 0.457 e. The minimum absolute atomic E-state index is 0.0969. The van der Waals surface area contributed by atoms with E-state index in [-0.39, 0.29) is 11.6 Å². The summed E-state index contributed by atoms with van der Waals surface area (Å²) in [6, 6.07) is 3.44. The monoisotopic (exact) mass is 362 g/mol. The van der Waals surface area contributed by atoms with Crippen molar-refractivity contribution in [1.82, 2.24) is 4.98 Å². The number of esters is 1. The summed E-state index contributed by atoms with van der Waals surface area (Å²) in [7, 11) is 0. The number of rotatable bonds is 4. The van der Waals surface area contributed by atoms with Gasteiger partial charge in [-0.15, -0.1) is 0 Å². The zero-order valence-corrected chi connectivity index (χ0v) is 12.8. The average molecular weight is 363 g/mol. The molecule has 10 heteroatoms. The summed E-state index contributed by atoms with van der Waals surface area (Å²) in [6.07, 6.45) is -4.07. The van der Waals surface area contributed by atoms with E-state index >= 15 is 0 Å². The molecule has 128 valence electrons. The number of amides is 1. The molecule has 1 atom stereocenters. The fraction of sp³-hybridized carbons (Fsp3) is 0.214. The molecule has 2 aromatic rings. The number of furan rings is 1. The van der Waals surface area contributed by atoms with E-state index in [0.717, 1.165) is 0 Å². The van der Waals surface area contributed by atoms with Gasteiger partial charge >= 0.3 is 12.1 Å². The highest BCUT2D eigenvalue weighted by atomic mass is 35.5. The first kappa shape index (κ1) is 17.8. The third-order valence-corrected chi connectivity index (χ3v) is 3.07. The maximum Gasteiger partial charge on any atom is 0.417 e. The number of carbonyl (C=O) groups excluding carboxylic acids is 2. The number of nitrogens with zero attached hydrogens (tertiary/aromatic N) is 1. The first-order chi connectivity index (χ1) is 11.2. The van der Waals surface area contributed by atoms with Crippen molar-refractivity contribution in [3.63, 3.8) is 0 Å². The lowest BCUT2D eigenvalue weighted by Gasteiger charge is -2.14. The molecule has 2 rings (SSSR count). The van der Waals surface area contributed by atoms with Gasteiger partial charge in [-0.1, -0.05) is 11.6 Å². The fourth-order valence-corrected chi connectivity index (χ4v) is 1.78. The van der Waals surface area contributed by atoms with Crippen LogP contribution in [-0.2, 0) is 15.7 Å². The molecule has 6 nitrogen and oxygen atoms in total. The second kappa shape index (κ2) is 6.91. The van der Waals surface area contributed by atoms with Gasteiger partial charge in [-0.2, -0.15) is 13.2 Å². The maximum absolute atomic E-state index is 12.5. The van der Waals surface area contributed by atoms with Gasteiger partial charge in [0.15, 0.2) is 11.9 Å². The number of hydrogen-bond donors (Lipinski definition) is 1. The maximum atomic E-state index is 12.5. The van der Waals surface area contributed by atoms with Crippen molar-refractivity contribution in [2.75, 3.05) is 5.32 Å². The average Bonchev–Trinajstić information content (AvgIpc) is 3.02. The molecule has 24 heavy (non-hydrogen) atoms. The predicted molar refractivity (Wildman–Crippen MR) is 76.5 cm³/mol. The van der Waals surface area contributed by atoms with E-state index in [1.807, 2.05) is 0 Å². The summed E-state index contributed by atoms with van der Waals surface area (Å²) in [6.45, 7) is 1.27. The number of hydrogen-bond acceptors (Lipinski definition) is 5. The number of aromatic nitrogens is 1. The van der Waals surface area contributed by atoms with Gasteiger partial charge in [-0.05, 0) is 25.1 Å². The number of alkyl halides is 3. The predicted octanol–water partition coefficient (Wildman–Crippen LogP) is 3.53. The van der Waals surface area contributed by atoms with Crippen LogP contribution in [0.4, 0.5) is 19.0 Å². The number of anilines is 1. The lowest BCUT2D eigenvalue weighted by molar-refractivity contribution is -0.137. The van der Waals surface area contributed by atoms with Crippen molar-refractivity contribution < 1.29 is 31.9 Å². The quantitative estimate of drug-likeness (QED) is 0.841. The van der Waals surface area contributed by atoms with Crippen LogP contribution in [0.5, 0.6) is 0 Å². The Balaban J connectivity index is 2.02. The Morgan fingerprint density at radius 1 is 1.42 bits per heavy atom. The second-order valence-electron chi connectivity index (χ2n) is 4.57. The Morgan fingerprint density at radius 3 is 2.67 bits per heavy atom. The van der Waals surface area contributed by atoms with Crippen molar-refractivity contribution in [3.8, 4) is 0 Å². The van der Waals surface area contributed by atoms with E-state index in [1.54, 1.807) is 0 Å². The third kappa shape index (κ3) is 4.25. The molecule has 0 spiro atoms. The minimum Gasteiger partial charge on any atom is -0.457 e. The van der Waals surface area contributed by atoms with Crippen LogP contribution < -0.4 is 5.32 Å². The number of nitrogens with one attached hydrogen (secondary N) is 1. The summed E-state index contributed by atoms with van der Waals surface area (Å²) in [5.41, 5.74) is -1.05. The van der Waals surface area contributed by atoms with Crippen LogP contribution in [0.1, 0.15) is 23.0 Å². The minimum atomic E-state index is -4.61. The van der Waals surface area contributed by atoms with Crippen LogP contribution in [0, 0.1) is 0 Å². The number of carbonyl (C=O) groups is 2. The normalized spacial score (nSPS) is 12.5. The number of pyridine rings is 1. The van der Waals surface area contributed by atoms with E-state index in [2.05, 4.69) is 10.3 Å². The van der Waals surface area contributed by atoms with Crippen LogP contribution in [0.3, 0.4) is 0 Å². The molecule has 0 saturated heterocycles. The van der Waals surface area contributed by atoms with Gasteiger partial charge < -0.3 is 14.5 Å². The molecule has 0 radical (unpaired) electrons. The van der Waals surface area contributed by atoms with Crippen molar-refractivity contribution in [2.45, 2.75) is 19.2 Å². The molecule has 1 amide bonds. The molecule has 0 fully saturated rings. The van der Waals surface area contributed by atoms with Gasteiger partial charge in [-0.3, -0.25) is 4.79 Å². The van der Waals surface area contributed by atoms with Crippen LogP contribution >= 0.6 is 11.6 Å². The zero-order chi connectivity index (χ0) is 17.9. The third-order valence-electron chi connectivity index (χ3n) is 2.79. The van der Waals surface area contributed by atoms with Gasteiger partial charge in [0.2, 0.25) is 5.76 Å². The highest BCUT2D eigenvalue weighted by Crippen LogP contribution is 2.32. The molecule has 0 saturated carbocycles. The Hall–Kier alpha value is -2.55. The van der Waals surface area contributed by atoms with Crippen molar-refractivity contribution in [3.05, 3.63) is 47.0 Å². The van der Waals surface area contributed by atoms with Crippen LogP contribution in [0.25, 0.3) is 0 Å². The summed E-state index contributed by atoms with van der Waals surface area (Å²) in [5.74, 6) is -2.06. The van der Waals surface area contributed by atoms with E-state index in [0.29, 0.717) is 12.3 Å². The Morgan fingerprint density at radius 2 is 2.12 bits per heavy atom. The van der Waals surface area contributed by atoms with Crippen molar-refractivity contribution in [2.24, 2.45) is 0 Å². The smallest absolute Gasteiger partial charge is 0.417 e. The standard InChI is InChI=1S/C14H10ClF3N2O4/c1-7(24-13(22)10-3-2-4-23-10)12(21)20-11-9(15)5-8(6-19-11)14(16,17)18/h2-7H,1H3,(H,19,20,21)/t7-/m0/s1. The summed E-state index contributed by atoms with van der Waals surface area (Å²) >= 11 is 5.67. The Kier molecular flexibility index (Phi) is 5.13. The van der Waals surface area contributed by atoms with Gasteiger partial charge in [0.25, 0.3) is 5.91 Å².